The van der Waals surface area contributed by atoms with Crippen LogP contribution < -0.4 is 11.1 Å². The molecule has 76 valence electrons. The van der Waals surface area contributed by atoms with E-state index in [9.17, 15) is 0 Å². The van der Waals surface area contributed by atoms with Gasteiger partial charge in [-0.2, -0.15) is 26.7 Å². The molecule has 1 aromatic rings. The van der Waals surface area contributed by atoms with Crippen molar-refractivity contribution in [3.63, 3.8) is 0 Å². The number of nitrogen functional groups attached to an aromatic ring is 1. The zero-order valence-corrected chi connectivity index (χ0v) is 8.98. The predicted octanol–water partition coefficient (Wildman–Crippen LogP) is 1.02. The lowest BCUT2D eigenvalue weighted by molar-refractivity contribution is 0.796. The SMILES string of the molecule is Nc1nc(Cl)nc(NC2CCSC2)n1. The minimum absolute atomic E-state index is 0.130. The number of hydrogen-bond donors (Lipinski definition) is 2. The number of thioether (sulfide) groups is 1. The van der Waals surface area contributed by atoms with E-state index in [4.69, 9.17) is 17.3 Å². The Labute approximate surface area is 90.9 Å². The van der Waals surface area contributed by atoms with E-state index in [2.05, 4.69) is 20.3 Å². The first-order valence-electron chi connectivity index (χ1n) is 4.25. The first-order valence-corrected chi connectivity index (χ1v) is 5.78. The summed E-state index contributed by atoms with van der Waals surface area (Å²) in [5, 5.41) is 3.31. The highest BCUT2D eigenvalue weighted by Crippen LogP contribution is 2.20. The van der Waals surface area contributed by atoms with Crippen molar-refractivity contribution in [1.82, 2.24) is 15.0 Å². The quantitative estimate of drug-likeness (QED) is 0.792. The van der Waals surface area contributed by atoms with Crippen LogP contribution in [0.25, 0.3) is 0 Å². The number of nitrogens with one attached hydrogen (secondary N) is 1. The summed E-state index contributed by atoms with van der Waals surface area (Å²) >= 11 is 7.56. The Hall–Kier alpha value is -0.750. The van der Waals surface area contributed by atoms with E-state index in [1.807, 2.05) is 11.8 Å². The minimum atomic E-state index is 0.130. The zero-order valence-electron chi connectivity index (χ0n) is 7.40. The third kappa shape index (κ3) is 2.39. The highest BCUT2D eigenvalue weighted by atomic mass is 35.5. The Morgan fingerprint density at radius 3 is 2.93 bits per heavy atom. The van der Waals surface area contributed by atoms with Crippen LogP contribution in [0.1, 0.15) is 6.42 Å². The molecule has 0 bridgehead atoms. The number of rotatable bonds is 2. The monoisotopic (exact) mass is 231 g/mol. The number of nitrogens with two attached hydrogens (primary N) is 1. The van der Waals surface area contributed by atoms with Gasteiger partial charge in [-0.3, -0.25) is 0 Å². The minimum Gasteiger partial charge on any atom is -0.368 e. The molecular formula is C7H10ClN5S. The van der Waals surface area contributed by atoms with Crippen molar-refractivity contribution in [3.8, 4) is 0 Å². The fraction of sp³-hybridized carbons (Fsp3) is 0.571. The lowest BCUT2D eigenvalue weighted by atomic mass is 10.3. The Balaban J connectivity index is 2.07. The molecule has 1 aliphatic rings. The molecule has 1 fully saturated rings. The first-order chi connectivity index (χ1) is 6.74. The zero-order chi connectivity index (χ0) is 9.97. The van der Waals surface area contributed by atoms with Crippen molar-refractivity contribution in [2.75, 3.05) is 22.6 Å². The molecule has 0 aliphatic carbocycles. The summed E-state index contributed by atoms with van der Waals surface area (Å²) in [7, 11) is 0. The summed E-state index contributed by atoms with van der Waals surface area (Å²) < 4.78 is 0. The number of hydrogen-bond acceptors (Lipinski definition) is 6. The van der Waals surface area contributed by atoms with Crippen molar-refractivity contribution in [1.29, 1.82) is 0 Å². The summed E-state index contributed by atoms with van der Waals surface area (Å²) in [4.78, 5) is 11.6. The lowest BCUT2D eigenvalue weighted by Crippen LogP contribution is -2.20. The van der Waals surface area contributed by atoms with Crippen LogP contribution in [-0.2, 0) is 0 Å². The molecule has 0 radical (unpaired) electrons. The second kappa shape index (κ2) is 4.18. The number of anilines is 2. The largest absolute Gasteiger partial charge is 0.368 e. The van der Waals surface area contributed by atoms with Crippen LogP contribution >= 0.6 is 23.4 Å². The standard InChI is InChI=1S/C7H10ClN5S/c8-5-11-6(9)13-7(12-5)10-4-1-2-14-3-4/h4H,1-3H2,(H3,9,10,11,12,13). The molecule has 0 spiro atoms. The van der Waals surface area contributed by atoms with Crippen LogP contribution in [0.4, 0.5) is 11.9 Å². The van der Waals surface area contributed by atoms with Crippen LogP contribution in [0.2, 0.25) is 5.28 Å². The maximum atomic E-state index is 5.65. The van der Waals surface area contributed by atoms with Gasteiger partial charge in [0, 0.05) is 11.8 Å². The Bertz CT molecular complexity index is 308. The molecule has 14 heavy (non-hydrogen) atoms. The molecule has 1 aromatic heterocycles. The highest BCUT2D eigenvalue weighted by Gasteiger charge is 2.16. The molecule has 7 heteroatoms. The van der Waals surface area contributed by atoms with E-state index >= 15 is 0 Å². The van der Waals surface area contributed by atoms with Gasteiger partial charge < -0.3 is 11.1 Å². The molecule has 1 aliphatic heterocycles. The van der Waals surface area contributed by atoms with E-state index in [1.165, 1.54) is 5.75 Å². The molecule has 2 heterocycles. The molecule has 1 atom stereocenters. The summed E-state index contributed by atoms with van der Waals surface area (Å²) in [5.41, 5.74) is 5.44. The van der Waals surface area contributed by atoms with E-state index in [-0.39, 0.29) is 11.2 Å². The number of halogens is 1. The molecule has 0 amide bonds. The second-order valence-corrected chi connectivity index (χ2v) is 4.48. The number of nitrogens with zero attached hydrogens (tertiary/aromatic N) is 3. The molecule has 1 unspecified atom stereocenters. The van der Waals surface area contributed by atoms with Gasteiger partial charge in [0.05, 0.1) is 0 Å². The van der Waals surface area contributed by atoms with Gasteiger partial charge in [-0.1, -0.05) is 0 Å². The molecule has 3 N–H and O–H groups in total. The van der Waals surface area contributed by atoms with E-state index in [0.717, 1.165) is 12.2 Å². The molecule has 2 rings (SSSR count). The molecular weight excluding hydrogens is 222 g/mol. The van der Waals surface area contributed by atoms with Crippen LogP contribution in [-0.4, -0.2) is 32.5 Å². The van der Waals surface area contributed by atoms with Crippen LogP contribution in [0, 0.1) is 0 Å². The molecule has 1 saturated heterocycles. The van der Waals surface area contributed by atoms with E-state index in [0.29, 0.717) is 12.0 Å². The van der Waals surface area contributed by atoms with Crippen molar-refractivity contribution >= 4 is 35.3 Å². The summed E-state index contributed by atoms with van der Waals surface area (Å²) in [6.07, 6.45) is 1.12. The topological polar surface area (TPSA) is 76.7 Å². The normalized spacial score (nSPS) is 21.1. The third-order valence-electron chi connectivity index (χ3n) is 1.89. The van der Waals surface area contributed by atoms with Gasteiger partial charge in [-0.05, 0) is 23.8 Å². The Morgan fingerprint density at radius 1 is 1.43 bits per heavy atom. The summed E-state index contributed by atoms with van der Waals surface area (Å²) in [6, 6.07) is 0.415. The molecule has 0 aromatic carbocycles. The Morgan fingerprint density at radius 2 is 2.29 bits per heavy atom. The predicted molar refractivity (Wildman–Crippen MR) is 58.6 cm³/mol. The third-order valence-corrected chi connectivity index (χ3v) is 3.22. The molecule has 5 nitrogen and oxygen atoms in total. The number of aromatic nitrogens is 3. The summed E-state index contributed by atoms with van der Waals surface area (Å²) in [6.45, 7) is 0. The van der Waals surface area contributed by atoms with E-state index < -0.39 is 0 Å². The highest BCUT2D eigenvalue weighted by molar-refractivity contribution is 7.99. The van der Waals surface area contributed by atoms with Crippen molar-refractivity contribution < 1.29 is 0 Å². The van der Waals surface area contributed by atoms with Crippen LogP contribution in [0.5, 0.6) is 0 Å². The smallest absolute Gasteiger partial charge is 0.229 e. The van der Waals surface area contributed by atoms with Gasteiger partial charge in [0.1, 0.15) is 0 Å². The van der Waals surface area contributed by atoms with Crippen molar-refractivity contribution in [3.05, 3.63) is 5.28 Å². The molecule has 0 saturated carbocycles. The average Bonchev–Trinajstić information content (AvgIpc) is 2.54. The lowest BCUT2D eigenvalue weighted by Gasteiger charge is -2.10. The van der Waals surface area contributed by atoms with Gasteiger partial charge in [-0.15, -0.1) is 0 Å². The maximum absolute atomic E-state index is 5.65. The van der Waals surface area contributed by atoms with Crippen LogP contribution in [0.15, 0.2) is 0 Å². The van der Waals surface area contributed by atoms with Crippen molar-refractivity contribution in [2.24, 2.45) is 0 Å². The van der Waals surface area contributed by atoms with Gasteiger partial charge in [0.25, 0.3) is 0 Å². The second-order valence-electron chi connectivity index (χ2n) is 2.99. The average molecular weight is 232 g/mol. The van der Waals surface area contributed by atoms with Gasteiger partial charge in [0.2, 0.25) is 17.2 Å². The first kappa shape index (κ1) is 9.79. The van der Waals surface area contributed by atoms with Gasteiger partial charge >= 0.3 is 0 Å². The Kier molecular flexibility index (Phi) is 2.93. The van der Waals surface area contributed by atoms with Gasteiger partial charge in [0.15, 0.2) is 0 Å². The fourth-order valence-electron chi connectivity index (χ4n) is 1.26. The fourth-order valence-corrected chi connectivity index (χ4v) is 2.58. The maximum Gasteiger partial charge on any atom is 0.229 e. The van der Waals surface area contributed by atoms with E-state index in [1.54, 1.807) is 0 Å². The van der Waals surface area contributed by atoms with Crippen molar-refractivity contribution in [2.45, 2.75) is 12.5 Å². The van der Waals surface area contributed by atoms with Crippen LogP contribution in [0.3, 0.4) is 0 Å². The van der Waals surface area contributed by atoms with Gasteiger partial charge in [-0.25, -0.2) is 0 Å². The summed E-state index contributed by atoms with van der Waals surface area (Å²) in [5.74, 6) is 2.86.